The lowest BCUT2D eigenvalue weighted by Gasteiger charge is -2.14. The fourth-order valence-corrected chi connectivity index (χ4v) is 3.17. The first-order chi connectivity index (χ1) is 14.7. The van der Waals surface area contributed by atoms with Crippen LogP contribution in [0.25, 0.3) is 0 Å². The van der Waals surface area contributed by atoms with Crippen LogP contribution < -0.4 is 10.1 Å². The maximum atomic E-state index is 12.6. The first kappa shape index (κ1) is 22.2. The summed E-state index contributed by atoms with van der Waals surface area (Å²) in [4.78, 5) is 22.8. The zero-order valence-electron chi connectivity index (χ0n) is 17.1. The summed E-state index contributed by atoms with van der Waals surface area (Å²) in [6.07, 6.45) is 0. The third-order valence-electron chi connectivity index (χ3n) is 4.63. The van der Waals surface area contributed by atoms with Gasteiger partial charge in [0.2, 0.25) is 0 Å². The van der Waals surface area contributed by atoms with Crippen molar-refractivity contribution in [3.8, 4) is 11.5 Å². The average Bonchev–Trinajstić information content (AvgIpc) is 3.17. The van der Waals surface area contributed by atoms with Gasteiger partial charge in [-0.25, -0.2) is 0 Å². The summed E-state index contributed by atoms with van der Waals surface area (Å²) in [6, 6.07) is 10.4. The molecule has 2 N–H and O–H groups in total. The number of rotatable bonds is 7. The van der Waals surface area contributed by atoms with Gasteiger partial charge in [-0.05, 0) is 54.3 Å². The molecule has 0 atom stereocenters. The number of phenolic OH excluding ortho intramolecular Hbond substituents is 1. The van der Waals surface area contributed by atoms with Gasteiger partial charge in [-0.3, -0.25) is 14.9 Å². The summed E-state index contributed by atoms with van der Waals surface area (Å²) in [7, 11) is 0. The number of amides is 1. The molecule has 0 aliphatic carbocycles. The van der Waals surface area contributed by atoms with Gasteiger partial charge in [-0.15, -0.1) is 0 Å². The van der Waals surface area contributed by atoms with Gasteiger partial charge in [0.1, 0.15) is 23.9 Å². The minimum Gasteiger partial charge on any atom is -0.508 e. The number of carbonyl (C=O) groups excluding carboxylic acids is 1. The van der Waals surface area contributed by atoms with E-state index >= 15 is 0 Å². The predicted molar refractivity (Wildman–Crippen MR) is 116 cm³/mol. The summed E-state index contributed by atoms with van der Waals surface area (Å²) in [6.45, 7) is 5.67. The van der Waals surface area contributed by atoms with Gasteiger partial charge in [0.15, 0.2) is 5.76 Å². The number of nitrogens with zero attached hydrogens (tertiary/aromatic N) is 1. The van der Waals surface area contributed by atoms with Gasteiger partial charge in [-0.2, -0.15) is 0 Å². The van der Waals surface area contributed by atoms with E-state index < -0.39 is 10.8 Å². The molecule has 1 aromatic heterocycles. The van der Waals surface area contributed by atoms with Crippen molar-refractivity contribution in [2.45, 2.75) is 33.3 Å². The Morgan fingerprint density at radius 2 is 2.00 bits per heavy atom. The van der Waals surface area contributed by atoms with Crippen LogP contribution in [0.4, 0.5) is 11.4 Å². The monoisotopic (exact) mass is 444 g/mol. The third-order valence-corrected chi connectivity index (χ3v) is 4.92. The second-order valence-corrected chi connectivity index (χ2v) is 7.67. The Balaban J connectivity index is 1.68. The largest absolute Gasteiger partial charge is 0.508 e. The minimum absolute atomic E-state index is 0.0133. The van der Waals surface area contributed by atoms with Crippen LogP contribution in [0.15, 0.2) is 46.9 Å². The lowest BCUT2D eigenvalue weighted by molar-refractivity contribution is -0.384. The number of benzene rings is 2. The molecule has 0 radical (unpaired) electrons. The maximum Gasteiger partial charge on any atom is 0.291 e. The molecule has 0 bridgehead atoms. The van der Waals surface area contributed by atoms with Crippen molar-refractivity contribution in [3.05, 3.63) is 80.2 Å². The molecule has 31 heavy (non-hydrogen) atoms. The first-order valence-corrected chi connectivity index (χ1v) is 9.83. The van der Waals surface area contributed by atoms with Crippen LogP contribution in [-0.2, 0) is 6.61 Å². The lowest BCUT2D eigenvalue weighted by Crippen LogP contribution is -2.12. The number of aryl methyl sites for hydroxylation is 1. The molecular formula is C22H21ClN2O6. The number of furan rings is 1. The number of non-ortho nitro benzene ring substituents is 1. The van der Waals surface area contributed by atoms with Crippen molar-refractivity contribution in [3.63, 3.8) is 0 Å². The highest BCUT2D eigenvalue weighted by molar-refractivity contribution is 6.32. The first-order valence-electron chi connectivity index (χ1n) is 9.46. The number of nitrogens with one attached hydrogen (secondary N) is 1. The van der Waals surface area contributed by atoms with E-state index in [1.807, 2.05) is 13.8 Å². The molecule has 9 heteroatoms. The second-order valence-electron chi connectivity index (χ2n) is 7.26. The van der Waals surface area contributed by atoms with Crippen LogP contribution >= 0.6 is 11.6 Å². The Hall–Kier alpha value is -3.52. The van der Waals surface area contributed by atoms with E-state index in [1.54, 1.807) is 25.1 Å². The molecule has 0 saturated heterocycles. The summed E-state index contributed by atoms with van der Waals surface area (Å²) >= 11 is 6.00. The number of halogens is 1. The van der Waals surface area contributed by atoms with E-state index in [-0.39, 0.29) is 40.5 Å². The summed E-state index contributed by atoms with van der Waals surface area (Å²) < 4.78 is 11.1. The van der Waals surface area contributed by atoms with Crippen LogP contribution in [-0.4, -0.2) is 15.9 Å². The van der Waals surface area contributed by atoms with E-state index in [0.29, 0.717) is 11.4 Å². The van der Waals surface area contributed by atoms with E-state index in [2.05, 4.69) is 5.32 Å². The average molecular weight is 445 g/mol. The topological polar surface area (TPSA) is 115 Å². The number of hydrogen-bond donors (Lipinski definition) is 2. The Morgan fingerprint density at radius 3 is 2.65 bits per heavy atom. The third kappa shape index (κ3) is 5.16. The van der Waals surface area contributed by atoms with Crippen molar-refractivity contribution >= 4 is 28.9 Å². The fraction of sp³-hybridized carbons (Fsp3) is 0.227. The van der Waals surface area contributed by atoms with Gasteiger partial charge in [0.25, 0.3) is 11.6 Å². The Morgan fingerprint density at radius 1 is 1.26 bits per heavy atom. The molecule has 0 unspecified atom stereocenters. The molecule has 2 aromatic carbocycles. The highest BCUT2D eigenvalue weighted by atomic mass is 35.5. The lowest BCUT2D eigenvalue weighted by atomic mass is 9.99. The molecule has 162 valence electrons. The minimum atomic E-state index is -0.549. The quantitative estimate of drug-likeness (QED) is 0.270. The summed E-state index contributed by atoms with van der Waals surface area (Å²) in [5.41, 5.74) is 1.89. The summed E-state index contributed by atoms with van der Waals surface area (Å²) in [5.74, 6) is 0.568. The van der Waals surface area contributed by atoms with Crippen LogP contribution in [0.1, 0.15) is 47.2 Å². The number of carbonyl (C=O) groups is 1. The number of nitro benzene ring substituents is 1. The normalized spacial score (nSPS) is 10.9. The molecule has 0 spiro atoms. The smallest absolute Gasteiger partial charge is 0.291 e. The molecule has 0 aliphatic rings. The SMILES string of the molecule is Cc1cc(O)c(C(C)C)cc1NC(=O)c1ccc(COc2ccc([N+](=O)[O-])cc2Cl)o1. The molecule has 0 saturated carbocycles. The van der Waals surface area contributed by atoms with Crippen molar-refractivity contribution in [2.24, 2.45) is 0 Å². The van der Waals surface area contributed by atoms with E-state index in [4.69, 9.17) is 20.8 Å². The van der Waals surface area contributed by atoms with Gasteiger partial charge in [-0.1, -0.05) is 25.4 Å². The Bertz CT molecular complexity index is 1140. The van der Waals surface area contributed by atoms with Crippen molar-refractivity contribution < 1.29 is 24.0 Å². The van der Waals surface area contributed by atoms with Gasteiger partial charge < -0.3 is 19.6 Å². The van der Waals surface area contributed by atoms with Crippen molar-refractivity contribution in [2.75, 3.05) is 5.32 Å². The molecular weight excluding hydrogens is 424 g/mol. The number of hydrogen-bond acceptors (Lipinski definition) is 6. The van der Waals surface area contributed by atoms with E-state index in [1.165, 1.54) is 24.3 Å². The zero-order chi connectivity index (χ0) is 22.7. The standard InChI is InChI=1S/C22H21ClN2O6/c1-12(2)16-10-18(13(3)8-19(16)26)24-22(27)21-7-5-15(31-21)11-30-20-6-4-14(25(28)29)9-17(20)23/h4-10,12,26H,11H2,1-3H3,(H,24,27). The highest BCUT2D eigenvalue weighted by Gasteiger charge is 2.16. The van der Waals surface area contributed by atoms with Crippen LogP contribution in [0.3, 0.4) is 0 Å². The maximum absolute atomic E-state index is 12.6. The summed E-state index contributed by atoms with van der Waals surface area (Å²) in [5, 5.41) is 23.7. The predicted octanol–water partition coefficient (Wildman–Crippen LogP) is 5.81. The number of anilines is 1. The van der Waals surface area contributed by atoms with Gasteiger partial charge in [0.05, 0.1) is 9.95 Å². The fourth-order valence-electron chi connectivity index (χ4n) is 2.94. The number of phenols is 1. The number of ether oxygens (including phenoxy) is 1. The van der Waals surface area contributed by atoms with Crippen LogP contribution in [0.5, 0.6) is 11.5 Å². The van der Waals surface area contributed by atoms with E-state index in [0.717, 1.165) is 11.1 Å². The second kappa shape index (κ2) is 9.09. The molecule has 0 fully saturated rings. The van der Waals surface area contributed by atoms with Crippen molar-refractivity contribution in [1.29, 1.82) is 0 Å². The van der Waals surface area contributed by atoms with Crippen LogP contribution in [0, 0.1) is 17.0 Å². The molecule has 1 amide bonds. The van der Waals surface area contributed by atoms with E-state index in [9.17, 15) is 20.0 Å². The molecule has 1 heterocycles. The van der Waals surface area contributed by atoms with Crippen molar-refractivity contribution in [1.82, 2.24) is 0 Å². The van der Waals surface area contributed by atoms with Gasteiger partial charge in [0, 0.05) is 17.8 Å². The molecule has 3 aromatic rings. The molecule has 0 aliphatic heterocycles. The Kier molecular flexibility index (Phi) is 6.50. The van der Waals surface area contributed by atoms with Gasteiger partial charge >= 0.3 is 0 Å². The zero-order valence-corrected chi connectivity index (χ0v) is 17.9. The number of aromatic hydroxyl groups is 1. The number of nitro groups is 1. The van der Waals surface area contributed by atoms with Crippen LogP contribution in [0.2, 0.25) is 5.02 Å². The Labute approximate surface area is 183 Å². The molecule has 8 nitrogen and oxygen atoms in total. The highest BCUT2D eigenvalue weighted by Crippen LogP contribution is 2.32. The molecule has 3 rings (SSSR count).